The van der Waals surface area contributed by atoms with E-state index in [4.69, 9.17) is 4.74 Å². The number of benzene rings is 1. The second kappa shape index (κ2) is 6.12. The van der Waals surface area contributed by atoms with Crippen molar-refractivity contribution in [2.45, 2.75) is 13.8 Å². The summed E-state index contributed by atoms with van der Waals surface area (Å²) in [5.74, 6) is 0.898. The van der Waals surface area contributed by atoms with E-state index in [2.05, 4.69) is 43.2 Å². The monoisotopic (exact) mass is 205 g/mol. The minimum Gasteiger partial charge on any atom is -0.497 e. The Morgan fingerprint density at radius 1 is 1.13 bits per heavy atom. The van der Waals surface area contributed by atoms with Gasteiger partial charge in [0.05, 0.1) is 7.11 Å². The predicted molar refractivity (Wildman–Crippen MR) is 64.9 cm³/mol. The summed E-state index contributed by atoms with van der Waals surface area (Å²) in [5.41, 5.74) is 1.20. The van der Waals surface area contributed by atoms with Crippen molar-refractivity contribution in [2.75, 3.05) is 20.2 Å². The van der Waals surface area contributed by atoms with Crippen molar-refractivity contribution in [3.8, 4) is 5.75 Å². The zero-order valence-electron chi connectivity index (χ0n) is 9.73. The third-order valence-electron chi connectivity index (χ3n) is 2.41. The number of hydrogen-bond acceptors (Lipinski definition) is 2. The molecular weight excluding hydrogens is 186 g/mol. The Morgan fingerprint density at radius 2 is 1.73 bits per heavy atom. The van der Waals surface area contributed by atoms with Crippen LogP contribution in [0.1, 0.15) is 19.4 Å². The highest BCUT2D eigenvalue weighted by molar-refractivity contribution is 5.50. The Bertz CT molecular complexity index is 299. The van der Waals surface area contributed by atoms with Gasteiger partial charge in [0, 0.05) is 13.1 Å². The van der Waals surface area contributed by atoms with Gasteiger partial charge in [0.1, 0.15) is 5.75 Å². The standard InChI is InChI=1S/C13H19NO/c1-4-14(5-2)11-10-12-6-8-13(15-3)9-7-12/h6-11H,4-5H2,1-3H3/b11-10+. The van der Waals surface area contributed by atoms with Crippen LogP contribution in [0.2, 0.25) is 0 Å². The predicted octanol–water partition coefficient (Wildman–Crippen LogP) is 3.01. The van der Waals surface area contributed by atoms with Crippen LogP contribution < -0.4 is 4.74 Å². The molecule has 0 N–H and O–H groups in total. The van der Waals surface area contributed by atoms with Gasteiger partial charge in [-0.2, -0.15) is 0 Å². The van der Waals surface area contributed by atoms with Crippen molar-refractivity contribution in [3.63, 3.8) is 0 Å². The van der Waals surface area contributed by atoms with Gasteiger partial charge in [0.2, 0.25) is 0 Å². The fourth-order valence-electron chi connectivity index (χ4n) is 1.34. The van der Waals surface area contributed by atoms with E-state index in [0.29, 0.717) is 0 Å². The first-order valence-corrected chi connectivity index (χ1v) is 5.36. The van der Waals surface area contributed by atoms with Crippen LogP contribution in [0.25, 0.3) is 6.08 Å². The van der Waals surface area contributed by atoms with E-state index in [1.807, 2.05) is 12.1 Å². The molecule has 0 saturated carbocycles. The van der Waals surface area contributed by atoms with E-state index in [0.717, 1.165) is 18.8 Å². The lowest BCUT2D eigenvalue weighted by Gasteiger charge is -2.14. The summed E-state index contributed by atoms with van der Waals surface area (Å²) in [6.45, 7) is 6.40. The molecule has 1 rings (SSSR count). The van der Waals surface area contributed by atoms with Crippen molar-refractivity contribution in [1.29, 1.82) is 0 Å². The molecule has 0 aromatic heterocycles. The molecule has 0 radical (unpaired) electrons. The van der Waals surface area contributed by atoms with E-state index in [-0.39, 0.29) is 0 Å². The molecule has 0 aliphatic rings. The van der Waals surface area contributed by atoms with Crippen LogP contribution in [0, 0.1) is 0 Å². The van der Waals surface area contributed by atoms with Gasteiger partial charge in [-0.05, 0) is 43.8 Å². The molecule has 1 aromatic carbocycles. The maximum Gasteiger partial charge on any atom is 0.118 e. The van der Waals surface area contributed by atoms with Crippen LogP contribution >= 0.6 is 0 Å². The molecule has 15 heavy (non-hydrogen) atoms. The van der Waals surface area contributed by atoms with E-state index in [1.165, 1.54) is 5.56 Å². The minimum atomic E-state index is 0.898. The van der Waals surface area contributed by atoms with Gasteiger partial charge >= 0.3 is 0 Å². The van der Waals surface area contributed by atoms with Gasteiger partial charge in [0.15, 0.2) is 0 Å². The van der Waals surface area contributed by atoms with Gasteiger partial charge in [-0.1, -0.05) is 12.1 Å². The Balaban J connectivity index is 2.63. The maximum atomic E-state index is 5.10. The van der Waals surface area contributed by atoms with Crippen LogP contribution in [0.15, 0.2) is 30.5 Å². The van der Waals surface area contributed by atoms with Gasteiger partial charge in [-0.3, -0.25) is 0 Å². The fourth-order valence-corrected chi connectivity index (χ4v) is 1.34. The zero-order valence-corrected chi connectivity index (χ0v) is 9.73. The fraction of sp³-hybridized carbons (Fsp3) is 0.385. The van der Waals surface area contributed by atoms with Crippen LogP contribution in [0.5, 0.6) is 5.75 Å². The topological polar surface area (TPSA) is 12.5 Å². The molecule has 0 heterocycles. The van der Waals surface area contributed by atoms with Crippen molar-refractivity contribution in [3.05, 3.63) is 36.0 Å². The minimum absolute atomic E-state index is 0.898. The third kappa shape index (κ3) is 3.66. The van der Waals surface area contributed by atoms with Gasteiger partial charge < -0.3 is 9.64 Å². The average Bonchev–Trinajstić information content (AvgIpc) is 2.31. The Hall–Kier alpha value is -1.44. The molecule has 0 spiro atoms. The molecule has 0 aliphatic heterocycles. The first-order valence-electron chi connectivity index (χ1n) is 5.36. The third-order valence-corrected chi connectivity index (χ3v) is 2.41. The molecule has 1 aromatic rings. The second-order valence-corrected chi connectivity index (χ2v) is 3.31. The number of rotatable bonds is 5. The van der Waals surface area contributed by atoms with Crippen LogP contribution in [-0.4, -0.2) is 25.1 Å². The SMILES string of the molecule is CCN(/C=C/c1ccc(OC)cc1)CC. The average molecular weight is 205 g/mol. The molecule has 2 heteroatoms. The molecule has 82 valence electrons. The van der Waals surface area contributed by atoms with Crippen LogP contribution in [-0.2, 0) is 0 Å². The lowest BCUT2D eigenvalue weighted by Crippen LogP contribution is -2.14. The molecule has 0 unspecified atom stereocenters. The summed E-state index contributed by atoms with van der Waals surface area (Å²) in [6.07, 6.45) is 4.24. The van der Waals surface area contributed by atoms with E-state index in [9.17, 15) is 0 Å². The largest absolute Gasteiger partial charge is 0.497 e. The number of hydrogen-bond donors (Lipinski definition) is 0. The number of ether oxygens (including phenoxy) is 1. The summed E-state index contributed by atoms with van der Waals surface area (Å²) in [5, 5.41) is 0. The van der Waals surface area contributed by atoms with Crippen molar-refractivity contribution < 1.29 is 4.74 Å². The van der Waals surface area contributed by atoms with Crippen LogP contribution in [0.4, 0.5) is 0 Å². The lowest BCUT2D eigenvalue weighted by atomic mass is 10.2. The van der Waals surface area contributed by atoms with Gasteiger partial charge in [-0.25, -0.2) is 0 Å². The molecule has 0 amide bonds. The van der Waals surface area contributed by atoms with E-state index >= 15 is 0 Å². The van der Waals surface area contributed by atoms with Crippen molar-refractivity contribution in [2.24, 2.45) is 0 Å². The lowest BCUT2D eigenvalue weighted by molar-refractivity contribution is 0.414. The summed E-state index contributed by atoms with van der Waals surface area (Å²) in [6, 6.07) is 8.06. The summed E-state index contributed by atoms with van der Waals surface area (Å²) in [7, 11) is 1.68. The second-order valence-electron chi connectivity index (χ2n) is 3.31. The summed E-state index contributed by atoms with van der Waals surface area (Å²) in [4.78, 5) is 2.25. The van der Waals surface area contributed by atoms with Crippen molar-refractivity contribution in [1.82, 2.24) is 4.90 Å². The Kier molecular flexibility index (Phi) is 4.75. The van der Waals surface area contributed by atoms with E-state index in [1.54, 1.807) is 7.11 Å². The first-order chi connectivity index (χ1) is 7.30. The quantitative estimate of drug-likeness (QED) is 0.732. The highest BCUT2D eigenvalue weighted by atomic mass is 16.5. The maximum absolute atomic E-state index is 5.10. The molecule has 0 bridgehead atoms. The molecule has 2 nitrogen and oxygen atoms in total. The highest BCUT2D eigenvalue weighted by Crippen LogP contribution is 2.12. The summed E-state index contributed by atoms with van der Waals surface area (Å²) >= 11 is 0. The Morgan fingerprint density at radius 3 is 2.20 bits per heavy atom. The van der Waals surface area contributed by atoms with Gasteiger partial charge in [-0.15, -0.1) is 0 Å². The molecule has 0 saturated heterocycles. The highest BCUT2D eigenvalue weighted by Gasteiger charge is 1.92. The first kappa shape index (κ1) is 11.6. The van der Waals surface area contributed by atoms with Crippen molar-refractivity contribution >= 4 is 6.08 Å². The number of nitrogens with zero attached hydrogens (tertiary/aromatic N) is 1. The number of methoxy groups -OCH3 is 1. The normalized spacial score (nSPS) is 10.6. The molecule has 0 aliphatic carbocycles. The summed E-state index contributed by atoms with van der Waals surface area (Å²) < 4.78 is 5.10. The Labute approximate surface area is 92.2 Å². The van der Waals surface area contributed by atoms with Gasteiger partial charge in [0.25, 0.3) is 0 Å². The zero-order chi connectivity index (χ0) is 11.1. The van der Waals surface area contributed by atoms with Crippen LogP contribution in [0.3, 0.4) is 0 Å². The molecular formula is C13H19NO. The molecule has 0 fully saturated rings. The molecule has 0 atom stereocenters. The smallest absolute Gasteiger partial charge is 0.118 e. The van der Waals surface area contributed by atoms with E-state index < -0.39 is 0 Å².